The summed E-state index contributed by atoms with van der Waals surface area (Å²) in [5.74, 6) is 0. The van der Waals surface area contributed by atoms with E-state index in [0.29, 0.717) is 0 Å². The number of hydrogen-bond acceptors (Lipinski definition) is 4. The molecule has 0 unspecified atom stereocenters. The van der Waals surface area contributed by atoms with E-state index in [2.05, 4.69) is 14.8 Å². The molecular formula is C4H11NO3. The molecule has 0 amide bonds. The molecule has 4 nitrogen and oxygen atoms in total. The summed E-state index contributed by atoms with van der Waals surface area (Å²) in [5.41, 5.74) is 0. The van der Waals surface area contributed by atoms with Crippen LogP contribution in [0.2, 0.25) is 0 Å². The quantitative estimate of drug-likeness (QED) is 0.473. The van der Waals surface area contributed by atoms with Crippen molar-refractivity contribution in [1.82, 2.24) is 5.32 Å². The van der Waals surface area contributed by atoms with Crippen molar-refractivity contribution in [1.29, 1.82) is 0 Å². The van der Waals surface area contributed by atoms with E-state index in [0.717, 1.165) is 0 Å². The summed E-state index contributed by atoms with van der Waals surface area (Å²) in [7, 11) is 2.97. The smallest absolute Gasteiger partial charge is 0.217 e. The summed E-state index contributed by atoms with van der Waals surface area (Å²) < 4.78 is 9.29. The third kappa shape index (κ3) is 2.92. The fourth-order valence-corrected chi connectivity index (χ4v) is 0.337. The zero-order chi connectivity index (χ0) is 6.41. The molecule has 4 heteroatoms. The molecule has 0 atom stereocenters. The Kier molecular flexibility index (Phi) is 4.89. The summed E-state index contributed by atoms with van der Waals surface area (Å²) in [6, 6.07) is 0. The van der Waals surface area contributed by atoms with Gasteiger partial charge >= 0.3 is 0 Å². The maximum absolute atomic E-state index is 8.23. The summed E-state index contributed by atoms with van der Waals surface area (Å²) in [4.78, 5) is 0. The van der Waals surface area contributed by atoms with Crippen LogP contribution in [-0.2, 0) is 9.47 Å². The summed E-state index contributed by atoms with van der Waals surface area (Å²) in [5, 5.41) is 10.7. The van der Waals surface area contributed by atoms with Crippen LogP contribution in [0.1, 0.15) is 0 Å². The zero-order valence-corrected chi connectivity index (χ0v) is 5.05. The molecule has 0 rings (SSSR count). The van der Waals surface area contributed by atoms with Gasteiger partial charge in [0.15, 0.2) is 0 Å². The largest absolute Gasteiger partial charge is 0.381 e. The van der Waals surface area contributed by atoms with Gasteiger partial charge in [0.1, 0.15) is 0 Å². The van der Waals surface area contributed by atoms with E-state index in [9.17, 15) is 0 Å². The van der Waals surface area contributed by atoms with Gasteiger partial charge in [-0.1, -0.05) is 0 Å². The van der Waals surface area contributed by atoms with Gasteiger partial charge in [-0.3, -0.25) is 0 Å². The molecule has 0 heterocycles. The highest BCUT2D eigenvalue weighted by atomic mass is 16.7. The minimum absolute atomic E-state index is 0.146. The first kappa shape index (κ1) is 7.84. The number of hydrogen-bond donors (Lipinski definition) is 2. The van der Waals surface area contributed by atoms with Crippen LogP contribution >= 0.6 is 0 Å². The minimum atomic E-state index is -0.500. The standard InChI is InChI=1S/C4H11NO3/c1-7-4(8-2)5-3-6/h4-6H,3H2,1-2H3. The van der Waals surface area contributed by atoms with E-state index < -0.39 is 6.41 Å². The zero-order valence-electron chi connectivity index (χ0n) is 5.05. The molecule has 0 saturated carbocycles. The molecule has 0 aromatic rings. The second-order valence-corrected chi connectivity index (χ2v) is 1.17. The lowest BCUT2D eigenvalue weighted by atomic mass is 11.0. The average molecular weight is 121 g/mol. The Hall–Kier alpha value is -0.160. The molecule has 0 saturated heterocycles. The van der Waals surface area contributed by atoms with Crippen LogP contribution in [0, 0.1) is 0 Å². The predicted molar refractivity (Wildman–Crippen MR) is 28.0 cm³/mol. The normalized spacial score (nSPS) is 10.5. The molecule has 0 aliphatic rings. The van der Waals surface area contributed by atoms with Crippen LogP contribution in [0.25, 0.3) is 0 Å². The molecule has 8 heavy (non-hydrogen) atoms. The fraction of sp³-hybridized carbons (Fsp3) is 1.00. The van der Waals surface area contributed by atoms with Gasteiger partial charge in [0.2, 0.25) is 6.41 Å². The SMILES string of the molecule is COC(NCO)OC. The van der Waals surface area contributed by atoms with Gasteiger partial charge in [-0.25, -0.2) is 5.32 Å². The Balaban J connectivity index is 3.07. The van der Waals surface area contributed by atoms with E-state index >= 15 is 0 Å². The minimum Gasteiger partial charge on any atom is -0.381 e. The van der Waals surface area contributed by atoms with Crippen molar-refractivity contribution < 1.29 is 14.6 Å². The first-order valence-electron chi connectivity index (χ1n) is 2.25. The Labute approximate surface area is 48.4 Å². The summed E-state index contributed by atoms with van der Waals surface area (Å²) >= 11 is 0. The van der Waals surface area contributed by atoms with Gasteiger partial charge in [0, 0.05) is 14.2 Å². The van der Waals surface area contributed by atoms with E-state index in [1.165, 1.54) is 14.2 Å². The third-order valence-corrected chi connectivity index (χ3v) is 0.686. The molecule has 2 N–H and O–H groups in total. The highest BCUT2D eigenvalue weighted by Gasteiger charge is 1.98. The van der Waals surface area contributed by atoms with Crippen LogP contribution in [0.4, 0.5) is 0 Å². The highest BCUT2D eigenvalue weighted by molar-refractivity contribution is 4.29. The number of ether oxygens (including phenoxy) is 2. The summed E-state index contributed by atoms with van der Waals surface area (Å²) in [6.07, 6.45) is -0.500. The van der Waals surface area contributed by atoms with Crippen molar-refractivity contribution in [3.8, 4) is 0 Å². The van der Waals surface area contributed by atoms with Crippen molar-refractivity contribution in [3.63, 3.8) is 0 Å². The van der Waals surface area contributed by atoms with Crippen LogP contribution in [0.3, 0.4) is 0 Å². The lowest BCUT2D eigenvalue weighted by Crippen LogP contribution is -2.32. The lowest BCUT2D eigenvalue weighted by Gasteiger charge is -2.11. The number of rotatable bonds is 4. The van der Waals surface area contributed by atoms with Gasteiger partial charge in [-0.15, -0.1) is 0 Å². The molecule has 0 aliphatic carbocycles. The first-order chi connectivity index (χ1) is 3.85. The molecule has 50 valence electrons. The van der Waals surface area contributed by atoms with Crippen molar-refractivity contribution in [2.24, 2.45) is 0 Å². The van der Waals surface area contributed by atoms with Gasteiger partial charge in [-0.05, 0) is 0 Å². The van der Waals surface area contributed by atoms with Gasteiger partial charge in [0.25, 0.3) is 0 Å². The number of methoxy groups -OCH3 is 2. The average Bonchev–Trinajstić information content (AvgIpc) is 1.83. The van der Waals surface area contributed by atoms with Gasteiger partial charge in [-0.2, -0.15) is 0 Å². The van der Waals surface area contributed by atoms with Crippen molar-refractivity contribution in [2.45, 2.75) is 6.41 Å². The maximum Gasteiger partial charge on any atom is 0.217 e. The first-order valence-corrected chi connectivity index (χ1v) is 2.25. The Morgan fingerprint density at radius 1 is 1.50 bits per heavy atom. The second-order valence-electron chi connectivity index (χ2n) is 1.17. The number of nitrogens with one attached hydrogen (secondary N) is 1. The van der Waals surface area contributed by atoms with Crippen molar-refractivity contribution in [2.75, 3.05) is 21.0 Å². The topological polar surface area (TPSA) is 50.7 Å². The van der Waals surface area contributed by atoms with Gasteiger partial charge < -0.3 is 14.6 Å². The predicted octanol–water partition coefficient (Wildman–Crippen LogP) is -0.898. The molecule has 0 spiro atoms. The molecule has 0 radical (unpaired) electrons. The second kappa shape index (κ2) is 4.99. The molecular weight excluding hydrogens is 110 g/mol. The number of aliphatic hydroxyl groups is 1. The fourth-order valence-electron chi connectivity index (χ4n) is 0.337. The van der Waals surface area contributed by atoms with Gasteiger partial charge in [0.05, 0.1) is 6.73 Å². The summed E-state index contributed by atoms with van der Waals surface area (Å²) in [6.45, 7) is -0.146. The molecule has 0 aromatic heterocycles. The van der Waals surface area contributed by atoms with Crippen LogP contribution in [0.5, 0.6) is 0 Å². The monoisotopic (exact) mass is 121 g/mol. The molecule has 0 aliphatic heterocycles. The van der Waals surface area contributed by atoms with E-state index in [1.807, 2.05) is 0 Å². The highest BCUT2D eigenvalue weighted by Crippen LogP contribution is 1.80. The number of aliphatic hydroxyl groups excluding tert-OH is 1. The Morgan fingerprint density at radius 3 is 2.12 bits per heavy atom. The molecule has 0 fully saturated rings. The van der Waals surface area contributed by atoms with E-state index in [4.69, 9.17) is 5.11 Å². The van der Waals surface area contributed by atoms with Crippen molar-refractivity contribution in [3.05, 3.63) is 0 Å². The lowest BCUT2D eigenvalue weighted by molar-refractivity contribution is -0.132. The molecule has 0 bridgehead atoms. The van der Waals surface area contributed by atoms with Crippen LogP contribution < -0.4 is 5.32 Å². The Bertz CT molecular complexity index is 46.5. The van der Waals surface area contributed by atoms with Crippen LogP contribution in [0.15, 0.2) is 0 Å². The Morgan fingerprint density at radius 2 is 2.00 bits per heavy atom. The van der Waals surface area contributed by atoms with E-state index in [-0.39, 0.29) is 6.73 Å². The van der Waals surface area contributed by atoms with Crippen molar-refractivity contribution >= 4 is 0 Å². The van der Waals surface area contributed by atoms with E-state index in [1.54, 1.807) is 0 Å². The molecule has 0 aromatic carbocycles. The third-order valence-electron chi connectivity index (χ3n) is 0.686. The van der Waals surface area contributed by atoms with Crippen LogP contribution in [-0.4, -0.2) is 32.5 Å². The maximum atomic E-state index is 8.23.